The number of benzene rings is 4. The smallest absolute Gasteiger partial charge is 0.338 e. The van der Waals surface area contributed by atoms with Gasteiger partial charge in [-0.05, 0) is 123 Å². The molecule has 0 aliphatic rings. The van der Waals surface area contributed by atoms with E-state index in [0.717, 1.165) is 15.3 Å². The molecule has 1 unspecified atom stereocenters. The quantitative estimate of drug-likeness (QED) is 0.0254. The predicted molar refractivity (Wildman–Crippen MR) is 291 cm³/mol. The molecule has 72 heavy (non-hydrogen) atoms. The van der Waals surface area contributed by atoms with Crippen molar-refractivity contribution in [2.75, 3.05) is 14.2 Å². The second-order valence-electron chi connectivity index (χ2n) is 17.7. The highest BCUT2D eigenvalue weighted by Gasteiger charge is 2.43. The molecule has 0 amide bonds. The normalized spacial score (nSPS) is 11.6. The fourth-order valence-corrected chi connectivity index (χ4v) is 8.56. The Morgan fingerprint density at radius 2 is 1.01 bits per heavy atom. The third-order valence-electron chi connectivity index (χ3n) is 8.97. The molecule has 0 spiro atoms. The van der Waals surface area contributed by atoms with Crippen LogP contribution in [0.5, 0.6) is 23.0 Å². The SMILES string of the molecule is C=C(C)C(=O)Oc1ccc(C=O)cc1OC.CC(C)(C#N)N=NC(C)(C)C#N.CC(C)(C#N)SC(=S)c1ccccc1.COc1cc(C=O)ccc1OC(=O)C(C)(CC(C)(C)C#N)SC(=S)c1ccccc1. The first-order valence-electron chi connectivity index (χ1n) is 21.6. The molecule has 0 aliphatic carbocycles. The first-order valence-corrected chi connectivity index (χ1v) is 24.1. The molecule has 0 radical (unpaired) electrons. The number of carbonyl (C=O) groups excluding carboxylic acids is 4. The molecule has 4 aromatic rings. The summed E-state index contributed by atoms with van der Waals surface area (Å²) in [5, 5.41) is 43.1. The van der Waals surface area contributed by atoms with Crippen LogP contribution in [-0.4, -0.2) is 67.7 Å². The van der Waals surface area contributed by atoms with Crippen LogP contribution in [0, 0.1) is 50.7 Å². The largest absolute Gasteiger partial charge is 0.493 e. The van der Waals surface area contributed by atoms with Crippen LogP contribution in [0.3, 0.4) is 0 Å². The summed E-state index contributed by atoms with van der Waals surface area (Å²) in [6.45, 7) is 20.6. The van der Waals surface area contributed by atoms with Crippen LogP contribution >= 0.6 is 48.0 Å². The first kappa shape index (κ1) is 63.0. The Balaban J connectivity index is 0.000000521. The van der Waals surface area contributed by atoms with Crippen molar-refractivity contribution in [3.63, 3.8) is 0 Å². The molecule has 0 bridgehead atoms. The van der Waals surface area contributed by atoms with E-state index in [1.54, 1.807) is 55.4 Å². The average molecular weight is 1050 g/mol. The van der Waals surface area contributed by atoms with Crippen LogP contribution < -0.4 is 18.9 Å². The standard InChI is InChI=1S/C23H23NO4S2.C12H12O4.C11H11NS2.C8H12N4/c1-22(2,15-24)14-23(3,30-20(29)17-8-6-5-7-9-17)21(26)28-18-11-10-16(13-25)12-19(18)27-4;1-8(2)12(14)16-10-5-4-9(7-13)6-11(10)15-3;1-11(2,8-12)14-10(13)9-6-4-3-5-7-9;1-7(2,5-9)11-12-8(3,4)6-10/h5-13H,14H2,1-4H3;4-7H,1H2,2-3H3;3-7H,1-2H3;1-4H3. The number of rotatable bonds is 16. The zero-order valence-corrected chi connectivity index (χ0v) is 45.7. The minimum Gasteiger partial charge on any atom is -0.493 e. The molecule has 0 aliphatic heterocycles. The fourth-order valence-electron chi connectivity index (χ4n) is 5.13. The lowest BCUT2D eigenvalue weighted by Crippen LogP contribution is -2.40. The maximum Gasteiger partial charge on any atom is 0.338 e. The minimum absolute atomic E-state index is 0.195. The number of nitrogens with zero attached hydrogens (tertiary/aromatic N) is 6. The van der Waals surface area contributed by atoms with E-state index in [1.165, 1.54) is 74.1 Å². The number of thiocarbonyl (C=S) groups is 2. The number of azo groups is 1. The Morgan fingerprint density at radius 3 is 1.36 bits per heavy atom. The summed E-state index contributed by atoms with van der Waals surface area (Å²) in [6, 6.07) is 36.6. The van der Waals surface area contributed by atoms with Gasteiger partial charge in [-0.1, -0.05) is 115 Å². The van der Waals surface area contributed by atoms with Crippen molar-refractivity contribution in [2.24, 2.45) is 15.6 Å². The molecule has 0 N–H and O–H groups in total. The number of nitriles is 4. The minimum atomic E-state index is -1.12. The number of esters is 2. The summed E-state index contributed by atoms with van der Waals surface area (Å²) in [5.74, 6) is -0.0190. The van der Waals surface area contributed by atoms with Gasteiger partial charge in [-0.15, -0.1) is 0 Å². The van der Waals surface area contributed by atoms with Crippen LogP contribution in [0.1, 0.15) is 108 Å². The van der Waals surface area contributed by atoms with Crippen molar-refractivity contribution in [1.29, 1.82) is 21.0 Å². The van der Waals surface area contributed by atoms with Gasteiger partial charge in [0.15, 0.2) is 34.1 Å². The highest BCUT2D eigenvalue weighted by molar-refractivity contribution is 8.25. The lowest BCUT2D eigenvalue weighted by Gasteiger charge is -2.31. The highest BCUT2D eigenvalue weighted by Crippen LogP contribution is 2.41. The van der Waals surface area contributed by atoms with E-state index in [9.17, 15) is 24.4 Å². The maximum atomic E-state index is 13.3. The van der Waals surface area contributed by atoms with E-state index in [2.05, 4.69) is 28.9 Å². The molecule has 1 atom stereocenters. The second-order valence-corrected chi connectivity index (χ2v) is 22.2. The van der Waals surface area contributed by atoms with Crippen LogP contribution in [-0.2, 0) is 9.59 Å². The maximum absolute atomic E-state index is 13.3. The van der Waals surface area contributed by atoms with Gasteiger partial charge in [0.2, 0.25) is 0 Å². The fraction of sp³-hybridized carbons (Fsp3) is 0.333. The lowest BCUT2D eigenvalue weighted by atomic mass is 9.84. The first-order chi connectivity index (χ1) is 33.6. The van der Waals surface area contributed by atoms with Crippen molar-refractivity contribution in [3.05, 3.63) is 131 Å². The highest BCUT2D eigenvalue weighted by atomic mass is 32.2. The molecular weight excluding hydrogens is 989 g/mol. The van der Waals surface area contributed by atoms with Crippen LogP contribution in [0.4, 0.5) is 0 Å². The Hall–Kier alpha value is -7.06. The second kappa shape index (κ2) is 29.3. The molecule has 376 valence electrons. The molecule has 0 saturated heterocycles. The number of hydrogen-bond acceptors (Lipinski definition) is 18. The number of hydrogen-bond donors (Lipinski definition) is 0. The Labute approximate surface area is 442 Å². The Bertz CT molecular complexity index is 2740. The summed E-state index contributed by atoms with van der Waals surface area (Å²) in [4.78, 5) is 46.1. The molecule has 18 heteroatoms. The van der Waals surface area contributed by atoms with Gasteiger partial charge in [0.25, 0.3) is 0 Å². The predicted octanol–water partition coefficient (Wildman–Crippen LogP) is 12.7. The summed E-state index contributed by atoms with van der Waals surface area (Å²) >= 11 is 13.4. The van der Waals surface area contributed by atoms with Crippen molar-refractivity contribution in [1.82, 2.24) is 0 Å². The van der Waals surface area contributed by atoms with Crippen LogP contribution in [0.25, 0.3) is 0 Å². The molecule has 4 aromatic carbocycles. The average Bonchev–Trinajstić information content (AvgIpc) is 3.36. The number of aldehydes is 2. The van der Waals surface area contributed by atoms with Gasteiger partial charge in [-0.25, -0.2) is 4.79 Å². The van der Waals surface area contributed by atoms with E-state index in [-0.39, 0.29) is 23.7 Å². The van der Waals surface area contributed by atoms with E-state index in [0.29, 0.717) is 39.2 Å². The molecular formula is C54H58N6O8S4. The molecule has 14 nitrogen and oxygen atoms in total. The van der Waals surface area contributed by atoms with Gasteiger partial charge in [-0.3, -0.25) is 14.4 Å². The topological polar surface area (TPSA) is 225 Å². The van der Waals surface area contributed by atoms with E-state index in [4.69, 9.17) is 59.2 Å². The van der Waals surface area contributed by atoms with Gasteiger partial charge >= 0.3 is 11.9 Å². The van der Waals surface area contributed by atoms with Crippen molar-refractivity contribution >= 4 is 80.9 Å². The van der Waals surface area contributed by atoms with Gasteiger partial charge in [0, 0.05) is 16.7 Å². The van der Waals surface area contributed by atoms with Gasteiger partial charge in [0.1, 0.15) is 22.1 Å². The van der Waals surface area contributed by atoms with E-state index >= 15 is 0 Å². The number of methoxy groups -OCH3 is 2. The third kappa shape index (κ3) is 22.4. The molecule has 0 aromatic heterocycles. The Kier molecular flexibility index (Phi) is 25.6. The summed E-state index contributed by atoms with van der Waals surface area (Å²) < 4.78 is 20.7. The monoisotopic (exact) mass is 1050 g/mol. The van der Waals surface area contributed by atoms with E-state index < -0.39 is 37.9 Å². The molecule has 0 saturated carbocycles. The summed E-state index contributed by atoms with van der Waals surface area (Å²) in [5.41, 5.74) is 0.518. The van der Waals surface area contributed by atoms with Crippen LogP contribution in [0.15, 0.2) is 119 Å². The number of carbonyl (C=O) groups is 4. The van der Waals surface area contributed by atoms with Gasteiger partial charge in [-0.2, -0.15) is 31.3 Å². The van der Waals surface area contributed by atoms with Crippen molar-refractivity contribution < 1.29 is 38.1 Å². The summed E-state index contributed by atoms with van der Waals surface area (Å²) in [6.07, 6.45) is 1.59. The number of ether oxygens (including phenoxy) is 4. The van der Waals surface area contributed by atoms with Crippen molar-refractivity contribution in [2.45, 2.75) is 96.2 Å². The molecule has 4 rings (SSSR count). The number of thioether (sulfide) groups is 2. The van der Waals surface area contributed by atoms with E-state index in [1.807, 2.05) is 86.6 Å². The van der Waals surface area contributed by atoms with Gasteiger partial charge < -0.3 is 18.9 Å². The molecule has 0 heterocycles. The third-order valence-corrected chi connectivity index (χ3v) is 12.1. The van der Waals surface area contributed by atoms with Crippen molar-refractivity contribution in [3.8, 4) is 47.3 Å². The summed E-state index contributed by atoms with van der Waals surface area (Å²) in [7, 11) is 2.86. The molecule has 0 fully saturated rings. The zero-order chi connectivity index (χ0) is 54.9. The Morgan fingerprint density at radius 1 is 0.611 bits per heavy atom. The lowest BCUT2D eigenvalue weighted by molar-refractivity contribution is -0.137. The van der Waals surface area contributed by atoms with Gasteiger partial charge in [0.05, 0.1) is 52.3 Å². The van der Waals surface area contributed by atoms with Crippen LogP contribution in [0.2, 0.25) is 0 Å². The zero-order valence-electron chi connectivity index (χ0n) is 42.4.